The van der Waals surface area contributed by atoms with Crippen LogP contribution in [0.4, 0.5) is 27.7 Å². The van der Waals surface area contributed by atoms with Gasteiger partial charge in [-0.25, -0.2) is 14.4 Å². The maximum Gasteiger partial charge on any atom is 0.256 e. The topological polar surface area (TPSA) is 124 Å². The maximum atomic E-state index is 14.6. The van der Waals surface area contributed by atoms with E-state index in [-0.39, 0.29) is 28.7 Å². The van der Waals surface area contributed by atoms with Gasteiger partial charge in [0.2, 0.25) is 5.95 Å². The second-order valence-corrected chi connectivity index (χ2v) is 9.80. The molecule has 10 heteroatoms. The normalized spacial score (nSPS) is 17.1. The molecule has 1 amide bonds. The van der Waals surface area contributed by atoms with Crippen LogP contribution in [0, 0.1) is 5.82 Å². The van der Waals surface area contributed by atoms with Gasteiger partial charge in [-0.3, -0.25) is 4.79 Å². The molecule has 188 valence electrons. The molecule has 2 aromatic heterocycles. The number of carbonyl (C=O) groups excluding carboxylic acids is 1. The van der Waals surface area contributed by atoms with Crippen LogP contribution < -0.4 is 21.3 Å². The highest BCUT2D eigenvalue weighted by Gasteiger charge is 2.44. The average Bonchev–Trinajstić information content (AvgIpc) is 3.59. The van der Waals surface area contributed by atoms with Crippen LogP contribution in [0.1, 0.15) is 60.8 Å². The van der Waals surface area contributed by atoms with E-state index in [9.17, 15) is 14.3 Å². The summed E-state index contributed by atoms with van der Waals surface area (Å²) in [6.45, 7) is 7.41. The zero-order valence-corrected chi connectivity index (χ0v) is 20.6. The summed E-state index contributed by atoms with van der Waals surface area (Å²) in [7, 11) is 0. The van der Waals surface area contributed by atoms with Gasteiger partial charge in [0, 0.05) is 24.0 Å². The number of hydrogen-bond donors (Lipinski definition) is 5. The molecule has 1 aliphatic heterocycles. The van der Waals surface area contributed by atoms with E-state index in [4.69, 9.17) is 0 Å². The molecule has 1 saturated carbocycles. The Bertz CT molecular complexity index is 1320. The van der Waals surface area contributed by atoms with Crippen LogP contribution in [-0.4, -0.2) is 39.1 Å². The van der Waals surface area contributed by atoms with E-state index in [2.05, 4.69) is 62.2 Å². The molecule has 0 atom stereocenters. The second-order valence-electron chi connectivity index (χ2n) is 9.80. The molecule has 0 saturated heterocycles. The first-order valence-electron chi connectivity index (χ1n) is 12.2. The minimum Gasteiger partial charge on any atom is -0.384 e. The minimum absolute atomic E-state index is 0.104. The molecule has 36 heavy (non-hydrogen) atoms. The summed E-state index contributed by atoms with van der Waals surface area (Å²) < 4.78 is 14.6. The van der Waals surface area contributed by atoms with Crippen LogP contribution in [0.15, 0.2) is 36.5 Å². The average molecular weight is 492 g/mol. The summed E-state index contributed by atoms with van der Waals surface area (Å²) >= 11 is 0. The van der Waals surface area contributed by atoms with Gasteiger partial charge >= 0.3 is 0 Å². The van der Waals surface area contributed by atoms with E-state index in [1.54, 1.807) is 6.92 Å². The summed E-state index contributed by atoms with van der Waals surface area (Å²) in [5.74, 6) is -0.785. The van der Waals surface area contributed by atoms with Crippen molar-refractivity contribution >= 4 is 29.2 Å². The number of anilines is 4. The number of aliphatic hydroxyl groups is 1. The largest absolute Gasteiger partial charge is 0.384 e. The lowest BCUT2D eigenvalue weighted by Gasteiger charge is -2.34. The standard InChI is InChI=1S/C26H30FN7O2/c1-4-28-23(35)17-14-29-24(31-16-5-6-18-15(13-16)9-12-30-25(18,2)3)34-21(17)33-22-19(27)7-8-20(32-22)26(36)10-11-26/h5-8,13-14,30,36H,4,9-12H2,1-3H3,(H,28,35)(H2,29,31,32,33,34). The van der Waals surface area contributed by atoms with Gasteiger partial charge < -0.3 is 26.4 Å². The molecule has 5 N–H and O–H groups in total. The van der Waals surface area contributed by atoms with Crippen LogP contribution in [-0.2, 0) is 17.6 Å². The molecular weight excluding hydrogens is 461 g/mol. The number of halogens is 1. The van der Waals surface area contributed by atoms with Crippen molar-refractivity contribution in [1.29, 1.82) is 0 Å². The third-order valence-electron chi connectivity index (χ3n) is 6.65. The van der Waals surface area contributed by atoms with Gasteiger partial charge in [-0.2, -0.15) is 4.98 Å². The summed E-state index contributed by atoms with van der Waals surface area (Å²) in [6, 6.07) is 8.84. The van der Waals surface area contributed by atoms with E-state index >= 15 is 0 Å². The Morgan fingerprint density at radius 1 is 1.14 bits per heavy atom. The fourth-order valence-corrected chi connectivity index (χ4v) is 4.46. The van der Waals surface area contributed by atoms with Gasteiger partial charge in [0.25, 0.3) is 5.91 Å². The smallest absolute Gasteiger partial charge is 0.256 e. The molecule has 1 fully saturated rings. The number of rotatable bonds is 7. The highest BCUT2D eigenvalue weighted by Crippen LogP contribution is 2.44. The van der Waals surface area contributed by atoms with Crippen molar-refractivity contribution < 1.29 is 14.3 Å². The number of fused-ring (bicyclic) bond motifs is 1. The lowest BCUT2D eigenvalue weighted by molar-refractivity contribution is 0.0956. The van der Waals surface area contributed by atoms with Crippen molar-refractivity contribution in [2.75, 3.05) is 23.7 Å². The highest BCUT2D eigenvalue weighted by molar-refractivity contribution is 5.99. The van der Waals surface area contributed by atoms with Crippen LogP contribution in [0.3, 0.4) is 0 Å². The zero-order chi connectivity index (χ0) is 25.5. The first kappa shape index (κ1) is 24.1. The number of benzene rings is 1. The van der Waals surface area contributed by atoms with Crippen molar-refractivity contribution in [2.24, 2.45) is 0 Å². The van der Waals surface area contributed by atoms with E-state index in [1.165, 1.54) is 29.5 Å². The predicted molar refractivity (Wildman–Crippen MR) is 135 cm³/mol. The predicted octanol–water partition coefficient (Wildman–Crippen LogP) is 3.61. The third-order valence-corrected chi connectivity index (χ3v) is 6.65. The first-order valence-corrected chi connectivity index (χ1v) is 12.2. The number of amides is 1. The summed E-state index contributed by atoms with van der Waals surface area (Å²) in [4.78, 5) is 25.7. The van der Waals surface area contributed by atoms with Crippen LogP contribution in [0.5, 0.6) is 0 Å². The van der Waals surface area contributed by atoms with Crippen molar-refractivity contribution in [3.05, 3.63) is 64.7 Å². The number of nitrogens with zero attached hydrogens (tertiary/aromatic N) is 3. The fraction of sp³-hybridized carbons (Fsp3) is 0.385. The van der Waals surface area contributed by atoms with E-state index in [1.807, 2.05) is 6.07 Å². The molecule has 0 spiro atoms. The first-order chi connectivity index (χ1) is 17.2. The molecular formula is C26H30FN7O2. The Labute approximate surface area is 209 Å². The van der Waals surface area contributed by atoms with E-state index < -0.39 is 17.3 Å². The van der Waals surface area contributed by atoms with Gasteiger partial charge in [0.15, 0.2) is 11.6 Å². The van der Waals surface area contributed by atoms with Crippen molar-refractivity contribution in [1.82, 2.24) is 25.6 Å². The molecule has 3 aromatic rings. The molecule has 9 nitrogen and oxygen atoms in total. The maximum absolute atomic E-state index is 14.6. The zero-order valence-electron chi connectivity index (χ0n) is 20.6. The molecule has 2 aliphatic rings. The van der Waals surface area contributed by atoms with E-state index in [0.29, 0.717) is 25.1 Å². The number of hydrogen-bond acceptors (Lipinski definition) is 8. The summed E-state index contributed by atoms with van der Waals surface area (Å²) in [5, 5.41) is 22.7. The van der Waals surface area contributed by atoms with Gasteiger partial charge in [-0.15, -0.1) is 0 Å². The van der Waals surface area contributed by atoms with Crippen molar-refractivity contribution in [3.63, 3.8) is 0 Å². The van der Waals surface area contributed by atoms with Gasteiger partial charge in [0.05, 0.1) is 5.69 Å². The molecule has 3 heterocycles. The highest BCUT2D eigenvalue weighted by atomic mass is 19.1. The Morgan fingerprint density at radius 2 is 1.94 bits per heavy atom. The minimum atomic E-state index is -1.03. The summed E-state index contributed by atoms with van der Waals surface area (Å²) in [5.41, 5.74) is 2.69. The molecule has 5 rings (SSSR count). The molecule has 0 radical (unpaired) electrons. The second kappa shape index (κ2) is 9.11. The van der Waals surface area contributed by atoms with Crippen molar-refractivity contribution in [2.45, 2.75) is 51.2 Å². The number of pyridine rings is 1. The lowest BCUT2D eigenvalue weighted by atomic mass is 9.85. The van der Waals surface area contributed by atoms with Gasteiger partial charge in [0.1, 0.15) is 17.0 Å². The van der Waals surface area contributed by atoms with Gasteiger partial charge in [-0.1, -0.05) is 6.07 Å². The monoisotopic (exact) mass is 491 g/mol. The van der Waals surface area contributed by atoms with Crippen LogP contribution in [0.25, 0.3) is 0 Å². The molecule has 0 bridgehead atoms. The van der Waals surface area contributed by atoms with E-state index in [0.717, 1.165) is 18.7 Å². The SMILES string of the molecule is CCNC(=O)c1cnc(Nc2ccc3c(c2)CCNC3(C)C)nc1Nc1nc(C2(O)CC2)ccc1F. The third kappa shape index (κ3) is 4.74. The number of nitrogens with one attached hydrogen (secondary N) is 4. The quantitative estimate of drug-likeness (QED) is 0.340. The van der Waals surface area contributed by atoms with Gasteiger partial charge in [-0.05, 0) is 82.0 Å². The molecule has 1 aromatic carbocycles. The van der Waals surface area contributed by atoms with Crippen LogP contribution >= 0.6 is 0 Å². The van der Waals surface area contributed by atoms with Crippen LogP contribution in [0.2, 0.25) is 0 Å². The fourth-order valence-electron chi connectivity index (χ4n) is 4.46. The molecule has 1 aliphatic carbocycles. The van der Waals surface area contributed by atoms with Crippen molar-refractivity contribution in [3.8, 4) is 0 Å². The molecule has 0 unspecified atom stereocenters. The Balaban J connectivity index is 1.46. The Morgan fingerprint density at radius 3 is 2.69 bits per heavy atom. The number of carbonyl (C=O) groups is 1. The Kier molecular flexibility index (Phi) is 6.09. The summed E-state index contributed by atoms with van der Waals surface area (Å²) in [6.07, 6.45) is 3.45. The Hall–Kier alpha value is -3.63. The lowest BCUT2D eigenvalue weighted by Crippen LogP contribution is -2.42. The number of aromatic nitrogens is 3.